The number of nitrogens with zero attached hydrogens (tertiary/aromatic N) is 3. The summed E-state index contributed by atoms with van der Waals surface area (Å²) in [4.78, 5) is 16.1. The fourth-order valence-electron chi connectivity index (χ4n) is 3.00. The van der Waals surface area contributed by atoms with Crippen LogP contribution in [0.3, 0.4) is 0 Å². The molecule has 0 saturated carbocycles. The highest BCUT2D eigenvalue weighted by Gasteiger charge is 2.06. The Morgan fingerprint density at radius 1 is 1.06 bits per heavy atom. The number of amides is 1. The molecule has 0 unspecified atom stereocenters. The van der Waals surface area contributed by atoms with Crippen molar-refractivity contribution in [2.75, 3.05) is 0 Å². The molecule has 0 aliphatic heterocycles. The molecule has 0 bridgehead atoms. The smallest absolute Gasteiger partial charge is 0.244 e. The lowest BCUT2D eigenvalue weighted by Crippen LogP contribution is -2.20. The maximum Gasteiger partial charge on any atom is 0.244 e. The molecule has 0 fully saturated rings. The molecule has 0 saturated heterocycles. The second kappa shape index (κ2) is 10.2. The molecule has 6 nitrogen and oxygen atoms in total. The molecule has 2 aromatic heterocycles. The number of aromatic nitrogens is 3. The zero-order valence-electron chi connectivity index (χ0n) is 17.2. The first-order chi connectivity index (χ1) is 15.7. The van der Waals surface area contributed by atoms with Crippen LogP contribution in [0, 0.1) is 5.82 Å². The lowest BCUT2D eigenvalue weighted by Gasteiger charge is -2.07. The quantitative estimate of drug-likeness (QED) is 0.417. The maximum atomic E-state index is 14.3. The summed E-state index contributed by atoms with van der Waals surface area (Å²) in [5, 5.41) is 7.01. The fraction of sp³-hybridized carbons (Fsp3) is 0.0800. The number of halogens is 1. The van der Waals surface area contributed by atoms with Gasteiger partial charge in [0.1, 0.15) is 5.75 Å². The Kier molecular flexibility index (Phi) is 6.67. The van der Waals surface area contributed by atoms with Crippen LogP contribution in [0.1, 0.15) is 16.7 Å². The predicted molar refractivity (Wildman–Crippen MR) is 119 cm³/mol. The molecule has 2 heterocycles. The zero-order valence-corrected chi connectivity index (χ0v) is 17.2. The highest BCUT2D eigenvalue weighted by atomic mass is 19.1. The van der Waals surface area contributed by atoms with Crippen LogP contribution in [-0.2, 0) is 17.9 Å². The van der Waals surface area contributed by atoms with Crippen molar-refractivity contribution >= 4 is 12.0 Å². The van der Waals surface area contributed by atoms with E-state index in [2.05, 4.69) is 15.4 Å². The second-order valence-electron chi connectivity index (χ2n) is 7.05. The van der Waals surface area contributed by atoms with Crippen LogP contribution < -0.4 is 10.1 Å². The highest BCUT2D eigenvalue weighted by molar-refractivity contribution is 5.91. The Morgan fingerprint density at radius 3 is 2.62 bits per heavy atom. The summed E-state index contributed by atoms with van der Waals surface area (Å²) in [6.45, 7) is 1.10. The number of hydrogen-bond acceptors (Lipinski definition) is 4. The van der Waals surface area contributed by atoms with Gasteiger partial charge in [0.05, 0.1) is 12.7 Å². The van der Waals surface area contributed by atoms with Crippen LogP contribution in [0.4, 0.5) is 4.39 Å². The van der Waals surface area contributed by atoms with E-state index in [1.54, 1.807) is 36.7 Å². The molecule has 32 heavy (non-hydrogen) atoms. The predicted octanol–water partition coefficient (Wildman–Crippen LogP) is 4.59. The first-order valence-electron chi connectivity index (χ1n) is 10.0. The summed E-state index contributed by atoms with van der Waals surface area (Å²) in [7, 11) is 0. The molecule has 1 amide bonds. The summed E-state index contributed by atoms with van der Waals surface area (Å²) in [5.41, 5.74) is 2.67. The van der Waals surface area contributed by atoms with Gasteiger partial charge in [-0.25, -0.2) is 4.39 Å². The summed E-state index contributed by atoms with van der Waals surface area (Å²) in [6.07, 6.45) is 9.71. The van der Waals surface area contributed by atoms with Crippen LogP contribution in [0.25, 0.3) is 6.08 Å². The maximum absolute atomic E-state index is 14.3. The van der Waals surface area contributed by atoms with E-state index in [1.165, 1.54) is 24.4 Å². The van der Waals surface area contributed by atoms with Gasteiger partial charge >= 0.3 is 0 Å². The number of rotatable bonds is 8. The summed E-state index contributed by atoms with van der Waals surface area (Å²) >= 11 is 0. The number of nitrogens with one attached hydrogen (secondary N) is 1. The van der Waals surface area contributed by atoms with Gasteiger partial charge in [0, 0.05) is 31.2 Å². The largest absolute Gasteiger partial charge is 0.453 e. The minimum absolute atomic E-state index is 0.0932. The zero-order chi connectivity index (χ0) is 22.2. The van der Waals surface area contributed by atoms with Crippen molar-refractivity contribution in [2.45, 2.75) is 13.1 Å². The minimum Gasteiger partial charge on any atom is -0.453 e. The van der Waals surface area contributed by atoms with E-state index < -0.39 is 5.82 Å². The molecular weight excluding hydrogens is 407 g/mol. The van der Waals surface area contributed by atoms with E-state index in [1.807, 2.05) is 41.2 Å². The number of benzene rings is 2. The second-order valence-corrected chi connectivity index (χ2v) is 7.05. The Labute approximate surface area is 185 Å². The van der Waals surface area contributed by atoms with Crippen molar-refractivity contribution in [3.63, 3.8) is 0 Å². The van der Waals surface area contributed by atoms with E-state index in [4.69, 9.17) is 4.74 Å². The number of pyridine rings is 1. The molecule has 0 aliphatic rings. The third-order valence-electron chi connectivity index (χ3n) is 4.64. The van der Waals surface area contributed by atoms with Gasteiger partial charge in [0.2, 0.25) is 5.91 Å². The van der Waals surface area contributed by atoms with Crippen molar-refractivity contribution in [3.05, 3.63) is 114 Å². The number of ether oxygens (including phenoxy) is 1. The van der Waals surface area contributed by atoms with Crippen LogP contribution in [0.2, 0.25) is 0 Å². The SMILES string of the molecule is O=C(/C=C/c1ccc(Oc2cccnc2)c(F)c1)NCc1ccc(Cn2cccn2)cc1. The molecule has 0 spiro atoms. The van der Waals surface area contributed by atoms with E-state index in [0.29, 0.717) is 24.4 Å². The lowest BCUT2D eigenvalue weighted by molar-refractivity contribution is -0.116. The van der Waals surface area contributed by atoms with E-state index in [-0.39, 0.29) is 11.7 Å². The molecule has 7 heteroatoms. The van der Waals surface area contributed by atoms with Gasteiger partial charge in [-0.1, -0.05) is 30.3 Å². The summed E-state index contributed by atoms with van der Waals surface area (Å²) in [5.74, 6) is -0.243. The van der Waals surface area contributed by atoms with Crippen LogP contribution in [0.15, 0.2) is 91.5 Å². The van der Waals surface area contributed by atoms with E-state index in [0.717, 1.165) is 11.1 Å². The van der Waals surface area contributed by atoms with Gasteiger partial charge in [-0.2, -0.15) is 5.10 Å². The Hall–Kier alpha value is -4.26. The lowest BCUT2D eigenvalue weighted by atomic mass is 10.1. The van der Waals surface area contributed by atoms with Crippen LogP contribution in [0.5, 0.6) is 11.5 Å². The molecule has 1 N–H and O–H groups in total. The molecule has 4 rings (SSSR count). The van der Waals surface area contributed by atoms with Gasteiger partial charge in [-0.15, -0.1) is 0 Å². The van der Waals surface area contributed by atoms with Crippen molar-refractivity contribution in [1.29, 1.82) is 0 Å². The number of carbonyl (C=O) groups is 1. The average Bonchev–Trinajstić information content (AvgIpc) is 3.33. The number of carbonyl (C=O) groups excluding carboxylic acids is 1. The molecule has 0 aliphatic carbocycles. The highest BCUT2D eigenvalue weighted by Crippen LogP contribution is 2.24. The van der Waals surface area contributed by atoms with Crippen LogP contribution >= 0.6 is 0 Å². The Balaban J connectivity index is 1.28. The summed E-state index contributed by atoms with van der Waals surface area (Å²) in [6, 6.07) is 17.8. The molecule has 2 aromatic carbocycles. The third kappa shape index (κ3) is 5.89. The van der Waals surface area contributed by atoms with E-state index in [9.17, 15) is 9.18 Å². The van der Waals surface area contributed by atoms with E-state index >= 15 is 0 Å². The Bertz CT molecular complexity index is 1190. The third-order valence-corrected chi connectivity index (χ3v) is 4.64. The van der Waals surface area contributed by atoms with Crippen molar-refractivity contribution in [3.8, 4) is 11.5 Å². The first-order valence-corrected chi connectivity index (χ1v) is 10.0. The van der Waals surface area contributed by atoms with Gasteiger partial charge in [0.25, 0.3) is 0 Å². The standard InChI is InChI=1S/C25H21FN4O2/c26-23-15-19(8-10-24(23)32-22-3-1-12-27-17-22)9-11-25(31)28-16-20-4-6-21(7-5-20)18-30-14-2-13-29-30/h1-15,17H,16,18H2,(H,28,31)/b11-9+. The average molecular weight is 428 g/mol. The van der Waals surface area contributed by atoms with Gasteiger partial charge < -0.3 is 10.1 Å². The monoisotopic (exact) mass is 428 g/mol. The molecule has 4 aromatic rings. The molecule has 0 radical (unpaired) electrons. The molecule has 160 valence electrons. The fourth-order valence-corrected chi connectivity index (χ4v) is 3.00. The first kappa shape index (κ1) is 21.0. The minimum atomic E-state index is -0.522. The molecule has 0 atom stereocenters. The van der Waals surface area contributed by atoms with Crippen LogP contribution in [-0.4, -0.2) is 20.7 Å². The van der Waals surface area contributed by atoms with Crippen molar-refractivity contribution < 1.29 is 13.9 Å². The van der Waals surface area contributed by atoms with Gasteiger partial charge in [-0.05, 0) is 53.1 Å². The summed E-state index contributed by atoms with van der Waals surface area (Å²) < 4.78 is 21.6. The topological polar surface area (TPSA) is 69.0 Å². The van der Waals surface area contributed by atoms with Gasteiger partial charge in [0.15, 0.2) is 11.6 Å². The Morgan fingerprint density at radius 2 is 1.91 bits per heavy atom. The molecular formula is C25H21FN4O2. The van der Waals surface area contributed by atoms with Gasteiger partial charge in [-0.3, -0.25) is 14.5 Å². The number of hydrogen-bond donors (Lipinski definition) is 1. The normalized spacial score (nSPS) is 10.9. The van der Waals surface area contributed by atoms with Crippen molar-refractivity contribution in [1.82, 2.24) is 20.1 Å². The van der Waals surface area contributed by atoms with Crippen molar-refractivity contribution in [2.24, 2.45) is 0 Å².